The maximum Gasteiger partial charge on any atom is 0.416 e. The predicted octanol–water partition coefficient (Wildman–Crippen LogP) is 8.05. The van der Waals surface area contributed by atoms with Gasteiger partial charge in [0.05, 0.1) is 16.5 Å². The van der Waals surface area contributed by atoms with Crippen molar-refractivity contribution in [3.05, 3.63) is 82.6 Å². The minimum Gasteiger partial charge on any atom is -0.481 e. The van der Waals surface area contributed by atoms with Gasteiger partial charge in [-0.15, -0.1) is 0 Å². The summed E-state index contributed by atoms with van der Waals surface area (Å²) in [7, 11) is 0. The molecule has 0 heterocycles. The highest BCUT2D eigenvalue weighted by atomic mass is 35.5. The van der Waals surface area contributed by atoms with E-state index in [1.807, 2.05) is 13.8 Å². The van der Waals surface area contributed by atoms with E-state index in [-0.39, 0.29) is 10.9 Å². The Bertz CT molecular complexity index is 1120. The normalized spacial score (nSPS) is 12.8. The van der Waals surface area contributed by atoms with E-state index in [1.54, 1.807) is 24.3 Å². The van der Waals surface area contributed by atoms with Crippen LogP contribution in [-0.4, -0.2) is 11.1 Å². The quantitative estimate of drug-likeness (QED) is 0.375. The summed E-state index contributed by atoms with van der Waals surface area (Å²) >= 11 is 5.78. The lowest BCUT2D eigenvalue weighted by Crippen LogP contribution is -2.14. The summed E-state index contributed by atoms with van der Waals surface area (Å²) < 4.78 is 52.9. The number of aliphatic carboxylic acids is 1. The zero-order valence-electron chi connectivity index (χ0n) is 17.4. The molecule has 0 aliphatic heterocycles. The van der Waals surface area contributed by atoms with Crippen LogP contribution in [0.1, 0.15) is 37.3 Å². The minimum absolute atomic E-state index is 0.0453. The number of carboxylic acid groups (broad SMARTS) is 1. The summed E-state index contributed by atoms with van der Waals surface area (Å²) in [6, 6.07) is 13.9. The Morgan fingerprint density at radius 2 is 1.47 bits per heavy atom. The number of carboxylic acids is 1. The predicted molar refractivity (Wildman–Crippen MR) is 117 cm³/mol. The lowest BCUT2D eigenvalue weighted by Gasteiger charge is -2.18. The molecule has 0 amide bonds. The van der Waals surface area contributed by atoms with E-state index in [9.17, 15) is 27.5 Å². The molecule has 1 N–H and O–H groups in total. The molecule has 0 saturated carbocycles. The third-order valence-corrected chi connectivity index (χ3v) is 5.47. The number of alkyl halides is 3. The number of rotatable bonds is 6. The van der Waals surface area contributed by atoms with Crippen molar-refractivity contribution in [2.75, 3.05) is 0 Å². The summed E-state index contributed by atoms with van der Waals surface area (Å²) in [6.07, 6.45) is -4.09. The number of hydrogen-bond acceptors (Lipinski definition) is 1. The molecule has 0 unspecified atom stereocenters. The second-order valence-corrected chi connectivity index (χ2v) is 8.48. The van der Waals surface area contributed by atoms with Crippen LogP contribution in [0.25, 0.3) is 22.3 Å². The van der Waals surface area contributed by atoms with Crippen LogP contribution in [0.2, 0.25) is 5.02 Å². The number of benzene rings is 3. The molecule has 0 spiro atoms. The SMILES string of the molecule is CC(C)C[C@@H](C(=O)O)c1cc(-c2ccc(C(F)(F)F)cc2)cc(-c2ccc(Cl)c(F)c2)c1. The van der Waals surface area contributed by atoms with Crippen LogP contribution in [0.3, 0.4) is 0 Å². The molecule has 32 heavy (non-hydrogen) atoms. The topological polar surface area (TPSA) is 37.3 Å². The van der Waals surface area contributed by atoms with Crippen LogP contribution in [0.4, 0.5) is 17.6 Å². The molecule has 168 valence electrons. The average molecular weight is 465 g/mol. The van der Waals surface area contributed by atoms with Gasteiger partial charge in [-0.3, -0.25) is 4.79 Å². The zero-order valence-corrected chi connectivity index (χ0v) is 18.1. The van der Waals surface area contributed by atoms with Crippen molar-refractivity contribution in [2.24, 2.45) is 5.92 Å². The fourth-order valence-electron chi connectivity index (χ4n) is 3.56. The first kappa shape index (κ1) is 23.8. The van der Waals surface area contributed by atoms with Gasteiger partial charge in [0.15, 0.2) is 0 Å². The molecule has 0 fully saturated rings. The number of hydrogen-bond donors (Lipinski definition) is 1. The molecule has 0 aliphatic carbocycles. The van der Waals surface area contributed by atoms with Gasteiger partial charge in [0.2, 0.25) is 0 Å². The van der Waals surface area contributed by atoms with E-state index < -0.39 is 29.4 Å². The smallest absolute Gasteiger partial charge is 0.416 e. The first-order valence-corrected chi connectivity index (χ1v) is 10.3. The summed E-state index contributed by atoms with van der Waals surface area (Å²) in [5.41, 5.74) is 1.77. The molecule has 0 aliphatic rings. The molecule has 7 heteroatoms. The molecule has 0 saturated heterocycles. The van der Waals surface area contributed by atoms with Crippen molar-refractivity contribution in [1.29, 1.82) is 0 Å². The Balaban J connectivity index is 2.17. The highest BCUT2D eigenvalue weighted by molar-refractivity contribution is 6.30. The van der Waals surface area contributed by atoms with Gasteiger partial charge in [-0.05, 0) is 70.5 Å². The maximum atomic E-state index is 14.1. The lowest BCUT2D eigenvalue weighted by molar-refractivity contribution is -0.139. The molecule has 2 nitrogen and oxygen atoms in total. The number of carbonyl (C=O) groups is 1. The first-order valence-electron chi connectivity index (χ1n) is 9.96. The van der Waals surface area contributed by atoms with Gasteiger partial charge in [-0.1, -0.05) is 55.8 Å². The van der Waals surface area contributed by atoms with E-state index in [2.05, 4.69) is 0 Å². The van der Waals surface area contributed by atoms with Crippen LogP contribution in [-0.2, 0) is 11.0 Å². The third kappa shape index (κ3) is 5.49. The van der Waals surface area contributed by atoms with Crippen molar-refractivity contribution >= 4 is 17.6 Å². The molecule has 0 radical (unpaired) electrons. The summed E-state index contributed by atoms with van der Waals surface area (Å²) in [5, 5.41) is 9.76. The molecule has 3 aromatic rings. The summed E-state index contributed by atoms with van der Waals surface area (Å²) in [6.45, 7) is 3.82. The number of halogens is 5. The second-order valence-electron chi connectivity index (χ2n) is 8.07. The minimum atomic E-state index is -4.46. The van der Waals surface area contributed by atoms with Crippen LogP contribution in [0, 0.1) is 11.7 Å². The van der Waals surface area contributed by atoms with Crippen molar-refractivity contribution in [3.8, 4) is 22.3 Å². The second kappa shape index (κ2) is 9.33. The van der Waals surface area contributed by atoms with Gasteiger partial charge in [0.1, 0.15) is 5.82 Å². The van der Waals surface area contributed by atoms with E-state index in [0.717, 1.165) is 12.1 Å². The summed E-state index contributed by atoms with van der Waals surface area (Å²) in [4.78, 5) is 12.0. The van der Waals surface area contributed by atoms with Crippen LogP contribution < -0.4 is 0 Å². The maximum absolute atomic E-state index is 14.1. The summed E-state index contributed by atoms with van der Waals surface area (Å²) in [5.74, 6) is -2.35. The van der Waals surface area contributed by atoms with Gasteiger partial charge in [-0.25, -0.2) is 4.39 Å². The van der Waals surface area contributed by atoms with E-state index in [0.29, 0.717) is 34.2 Å². The van der Waals surface area contributed by atoms with Gasteiger partial charge in [0.25, 0.3) is 0 Å². The van der Waals surface area contributed by atoms with Crippen LogP contribution in [0.5, 0.6) is 0 Å². The molecule has 0 bridgehead atoms. The molecule has 3 rings (SSSR count). The fourth-order valence-corrected chi connectivity index (χ4v) is 3.68. The Hall–Kier alpha value is -2.86. The van der Waals surface area contributed by atoms with Crippen molar-refractivity contribution in [2.45, 2.75) is 32.4 Å². The first-order chi connectivity index (χ1) is 15.0. The van der Waals surface area contributed by atoms with Crippen LogP contribution in [0.15, 0.2) is 60.7 Å². The Morgan fingerprint density at radius 1 is 0.906 bits per heavy atom. The molecule has 0 aromatic heterocycles. The van der Waals surface area contributed by atoms with Gasteiger partial charge < -0.3 is 5.11 Å². The standard InChI is InChI=1S/C25H21ClF4O2/c1-14(2)9-21(24(31)32)19-11-17(15-3-6-20(7-4-15)25(28,29)30)10-18(12-19)16-5-8-22(26)23(27)13-16/h3-8,10-14,21H,9H2,1-2H3,(H,31,32)/t21-/m1/s1. The Kier molecular flexibility index (Phi) is 6.94. The van der Waals surface area contributed by atoms with Crippen molar-refractivity contribution in [3.63, 3.8) is 0 Å². The Labute approximate surface area is 188 Å². The lowest BCUT2D eigenvalue weighted by atomic mass is 9.86. The zero-order chi connectivity index (χ0) is 23.6. The van der Waals surface area contributed by atoms with Crippen molar-refractivity contribution < 1.29 is 27.5 Å². The highest BCUT2D eigenvalue weighted by Crippen LogP contribution is 2.36. The van der Waals surface area contributed by atoms with Gasteiger partial charge in [0, 0.05) is 0 Å². The average Bonchev–Trinajstić information content (AvgIpc) is 2.73. The monoisotopic (exact) mass is 464 g/mol. The van der Waals surface area contributed by atoms with E-state index >= 15 is 0 Å². The largest absolute Gasteiger partial charge is 0.481 e. The van der Waals surface area contributed by atoms with Gasteiger partial charge in [-0.2, -0.15) is 13.2 Å². The Morgan fingerprint density at radius 3 is 1.97 bits per heavy atom. The molecular formula is C25H21ClF4O2. The fraction of sp³-hybridized carbons (Fsp3) is 0.240. The van der Waals surface area contributed by atoms with E-state index in [1.165, 1.54) is 24.3 Å². The third-order valence-electron chi connectivity index (χ3n) is 5.16. The van der Waals surface area contributed by atoms with Gasteiger partial charge >= 0.3 is 12.1 Å². The molecule has 1 atom stereocenters. The molecule has 3 aromatic carbocycles. The van der Waals surface area contributed by atoms with Crippen LogP contribution >= 0.6 is 11.6 Å². The highest BCUT2D eigenvalue weighted by Gasteiger charge is 2.30. The van der Waals surface area contributed by atoms with E-state index in [4.69, 9.17) is 11.6 Å². The molecular weight excluding hydrogens is 444 g/mol. The van der Waals surface area contributed by atoms with Crippen molar-refractivity contribution in [1.82, 2.24) is 0 Å².